The summed E-state index contributed by atoms with van der Waals surface area (Å²) in [7, 11) is 0. The lowest BCUT2D eigenvalue weighted by molar-refractivity contribution is 1.08. The van der Waals surface area contributed by atoms with Crippen molar-refractivity contribution >= 4 is 11.6 Å². The number of halogens is 1. The highest BCUT2D eigenvalue weighted by Gasteiger charge is 1.86. The van der Waals surface area contributed by atoms with Gasteiger partial charge in [-0.1, -0.05) is 18.5 Å². The van der Waals surface area contributed by atoms with Crippen LogP contribution < -0.4 is 5.73 Å². The van der Waals surface area contributed by atoms with Gasteiger partial charge in [0.05, 0.1) is 5.16 Å². The lowest BCUT2D eigenvalue weighted by atomic mass is 10.3. The first-order valence-corrected chi connectivity index (χ1v) is 2.67. The van der Waals surface area contributed by atoms with Crippen molar-refractivity contribution in [2.75, 3.05) is 0 Å². The van der Waals surface area contributed by atoms with Crippen molar-refractivity contribution in [1.82, 2.24) is 0 Å². The maximum atomic E-state index is 5.39. The molecule has 0 atom stereocenters. The fourth-order valence-electron chi connectivity index (χ4n) is 0.169. The summed E-state index contributed by atoms with van der Waals surface area (Å²) in [5, 5.41) is 0.433. The van der Waals surface area contributed by atoms with Crippen molar-refractivity contribution in [2.24, 2.45) is 5.73 Å². The average Bonchev–Trinajstić information content (AvgIpc) is 1.65. The van der Waals surface area contributed by atoms with Gasteiger partial charge in [-0.15, -0.1) is 0 Å². The van der Waals surface area contributed by atoms with Crippen LogP contribution in [0.4, 0.5) is 0 Å². The van der Waals surface area contributed by atoms with Crippen LogP contribution in [-0.4, -0.2) is 0 Å². The Kier molecular flexibility index (Phi) is 2.84. The van der Waals surface area contributed by atoms with Crippen molar-refractivity contribution in [3.8, 4) is 0 Å². The smallest absolute Gasteiger partial charge is 0.0980 e. The molecule has 7 heavy (non-hydrogen) atoms. The highest BCUT2D eigenvalue weighted by Crippen LogP contribution is 2.04. The molecule has 0 saturated heterocycles. The summed E-state index contributed by atoms with van der Waals surface area (Å²) in [5.41, 5.74) is 6.25. The second-order valence-corrected chi connectivity index (χ2v) is 1.89. The highest BCUT2D eigenvalue weighted by atomic mass is 35.5. The Balaban J connectivity index is 3.72. The van der Waals surface area contributed by atoms with Crippen LogP contribution in [0.2, 0.25) is 0 Å². The summed E-state index contributed by atoms with van der Waals surface area (Å²) in [6, 6.07) is 0. The molecular formula is C5H10ClN. The Morgan fingerprint density at radius 1 is 1.71 bits per heavy atom. The zero-order valence-electron chi connectivity index (χ0n) is 4.66. The number of nitrogens with two attached hydrogens (primary N) is 1. The highest BCUT2D eigenvalue weighted by molar-refractivity contribution is 6.29. The molecule has 0 unspecified atom stereocenters. The molecule has 0 fully saturated rings. The van der Waals surface area contributed by atoms with Crippen molar-refractivity contribution in [2.45, 2.75) is 20.3 Å². The summed E-state index contributed by atoms with van der Waals surface area (Å²) in [4.78, 5) is 0. The molecule has 0 aromatic heterocycles. The molecule has 1 nitrogen and oxygen atoms in total. The molecule has 0 aliphatic rings. The first-order valence-electron chi connectivity index (χ1n) is 2.29. The monoisotopic (exact) mass is 119 g/mol. The molecule has 0 saturated carbocycles. The Bertz CT molecular complexity index is 82.1. The molecular weight excluding hydrogens is 110 g/mol. The number of rotatable bonds is 1. The molecule has 0 aromatic carbocycles. The largest absolute Gasteiger partial charge is 0.390 e. The average molecular weight is 120 g/mol. The second kappa shape index (κ2) is 2.92. The third kappa shape index (κ3) is 2.52. The number of hydrogen-bond donors (Lipinski definition) is 1. The lowest BCUT2D eigenvalue weighted by Gasteiger charge is -1.92. The van der Waals surface area contributed by atoms with Gasteiger partial charge in [0.2, 0.25) is 0 Å². The molecule has 42 valence electrons. The van der Waals surface area contributed by atoms with Crippen LogP contribution in [0.15, 0.2) is 10.7 Å². The van der Waals surface area contributed by atoms with E-state index in [0.717, 1.165) is 12.0 Å². The number of allylic oxidation sites excluding steroid dienone is 1. The van der Waals surface area contributed by atoms with Crippen molar-refractivity contribution in [3.63, 3.8) is 0 Å². The van der Waals surface area contributed by atoms with Crippen molar-refractivity contribution < 1.29 is 0 Å². The maximum Gasteiger partial charge on any atom is 0.0980 e. The van der Waals surface area contributed by atoms with E-state index in [1.54, 1.807) is 0 Å². The molecule has 2 heteroatoms. The Morgan fingerprint density at radius 2 is 2.14 bits per heavy atom. The molecule has 0 aliphatic carbocycles. The summed E-state index contributed by atoms with van der Waals surface area (Å²) >= 11 is 5.39. The Hall–Kier alpha value is -0.170. The zero-order chi connectivity index (χ0) is 5.86. The van der Waals surface area contributed by atoms with E-state index in [2.05, 4.69) is 0 Å². The van der Waals surface area contributed by atoms with Gasteiger partial charge in [-0.25, -0.2) is 0 Å². The van der Waals surface area contributed by atoms with Crippen LogP contribution >= 0.6 is 11.6 Å². The Labute approximate surface area is 49.2 Å². The third-order valence-electron chi connectivity index (χ3n) is 0.938. The second-order valence-electron chi connectivity index (χ2n) is 1.48. The topological polar surface area (TPSA) is 26.0 Å². The van der Waals surface area contributed by atoms with Crippen LogP contribution in [0.3, 0.4) is 0 Å². The van der Waals surface area contributed by atoms with E-state index in [4.69, 9.17) is 17.3 Å². The van der Waals surface area contributed by atoms with Crippen LogP contribution in [0.1, 0.15) is 20.3 Å². The molecule has 0 radical (unpaired) electrons. The summed E-state index contributed by atoms with van der Waals surface area (Å²) in [5.74, 6) is 0. The van der Waals surface area contributed by atoms with E-state index in [1.165, 1.54) is 0 Å². The SMILES string of the molecule is CC/C(C)=C(/N)Cl. The van der Waals surface area contributed by atoms with Gasteiger partial charge in [0.1, 0.15) is 0 Å². The van der Waals surface area contributed by atoms with E-state index in [1.807, 2.05) is 13.8 Å². The van der Waals surface area contributed by atoms with Crippen molar-refractivity contribution in [3.05, 3.63) is 10.7 Å². The van der Waals surface area contributed by atoms with E-state index in [0.29, 0.717) is 5.16 Å². The van der Waals surface area contributed by atoms with Gasteiger partial charge in [0, 0.05) is 0 Å². The van der Waals surface area contributed by atoms with Gasteiger partial charge >= 0.3 is 0 Å². The zero-order valence-corrected chi connectivity index (χ0v) is 5.42. The summed E-state index contributed by atoms with van der Waals surface area (Å²) in [6.07, 6.45) is 0.940. The molecule has 0 rings (SSSR count). The standard InChI is InChI=1S/C5H10ClN/c1-3-4(2)5(6)7/h3,7H2,1-2H3/b5-4+. The summed E-state index contributed by atoms with van der Waals surface area (Å²) < 4.78 is 0. The minimum atomic E-state index is 0.433. The van der Waals surface area contributed by atoms with Gasteiger partial charge in [0.25, 0.3) is 0 Å². The predicted octanol–water partition coefficient (Wildman–Crippen LogP) is 1.83. The Morgan fingerprint density at radius 3 is 2.14 bits per heavy atom. The molecule has 0 heterocycles. The van der Waals surface area contributed by atoms with Gasteiger partial charge in [0.15, 0.2) is 0 Å². The van der Waals surface area contributed by atoms with E-state index < -0.39 is 0 Å². The van der Waals surface area contributed by atoms with Gasteiger partial charge in [-0.3, -0.25) is 0 Å². The predicted molar refractivity (Wildman–Crippen MR) is 33.0 cm³/mol. The van der Waals surface area contributed by atoms with E-state index in [-0.39, 0.29) is 0 Å². The van der Waals surface area contributed by atoms with E-state index in [9.17, 15) is 0 Å². The lowest BCUT2D eigenvalue weighted by Crippen LogP contribution is -1.90. The van der Waals surface area contributed by atoms with Crippen LogP contribution in [0, 0.1) is 0 Å². The third-order valence-corrected chi connectivity index (χ3v) is 1.26. The minimum absolute atomic E-state index is 0.433. The minimum Gasteiger partial charge on any atom is -0.390 e. The molecule has 0 aliphatic heterocycles. The summed E-state index contributed by atoms with van der Waals surface area (Å²) in [6.45, 7) is 3.94. The molecule has 0 amide bonds. The van der Waals surface area contributed by atoms with Gasteiger partial charge in [-0.2, -0.15) is 0 Å². The molecule has 0 aromatic rings. The first kappa shape index (κ1) is 6.83. The molecule has 0 spiro atoms. The maximum absolute atomic E-state index is 5.39. The fraction of sp³-hybridized carbons (Fsp3) is 0.600. The molecule has 0 bridgehead atoms. The van der Waals surface area contributed by atoms with Gasteiger partial charge < -0.3 is 5.73 Å². The molecule has 2 N–H and O–H groups in total. The first-order chi connectivity index (χ1) is 3.18. The van der Waals surface area contributed by atoms with Gasteiger partial charge in [-0.05, 0) is 18.9 Å². The van der Waals surface area contributed by atoms with E-state index >= 15 is 0 Å². The van der Waals surface area contributed by atoms with Crippen LogP contribution in [0.25, 0.3) is 0 Å². The fourth-order valence-corrected chi connectivity index (χ4v) is 0.303. The van der Waals surface area contributed by atoms with Crippen LogP contribution in [0.5, 0.6) is 0 Å². The quantitative estimate of drug-likeness (QED) is 0.524. The van der Waals surface area contributed by atoms with Crippen LogP contribution in [-0.2, 0) is 0 Å². The normalized spacial score (nSPS) is 13.6. The number of hydrogen-bond acceptors (Lipinski definition) is 1. The van der Waals surface area contributed by atoms with Crippen molar-refractivity contribution in [1.29, 1.82) is 0 Å².